The fourth-order valence-corrected chi connectivity index (χ4v) is 6.28. The molecule has 2 unspecified atom stereocenters. The van der Waals surface area contributed by atoms with E-state index in [1.807, 2.05) is 0 Å². The third-order valence-corrected chi connectivity index (χ3v) is 16.4. The van der Waals surface area contributed by atoms with Gasteiger partial charge in [0.1, 0.15) is 11.2 Å². The van der Waals surface area contributed by atoms with E-state index in [-0.39, 0.29) is 10.1 Å². The number of rotatable bonds is 4. The smallest absolute Gasteiger partial charge is 0.194 e. The summed E-state index contributed by atoms with van der Waals surface area (Å²) in [6, 6.07) is 0. The van der Waals surface area contributed by atoms with E-state index >= 15 is 0 Å². The van der Waals surface area contributed by atoms with Gasteiger partial charge in [0.15, 0.2) is 16.6 Å². The zero-order valence-electron chi connectivity index (χ0n) is 22.1. The van der Waals surface area contributed by atoms with Crippen molar-refractivity contribution in [2.75, 3.05) is 0 Å². The molecule has 0 saturated heterocycles. The second kappa shape index (κ2) is 9.54. The summed E-state index contributed by atoms with van der Waals surface area (Å²) in [6.07, 6.45) is 5.72. The summed E-state index contributed by atoms with van der Waals surface area (Å²) in [5.41, 5.74) is -0.913. The normalized spacial score (nSPS) is 27.1. The highest BCUT2D eigenvalue weighted by molar-refractivity contribution is 6.74. The van der Waals surface area contributed by atoms with Crippen molar-refractivity contribution < 1.29 is 8.85 Å². The minimum atomic E-state index is -1.95. The van der Waals surface area contributed by atoms with Gasteiger partial charge >= 0.3 is 0 Å². The van der Waals surface area contributed by atoms with Gasteiger partial charge in [-0.05, 0) is 75.8 Å². The lowest BCUT2D eigenvalue weighted by Crippen LogP contribution is -2.50. The molecule has 1 rings (SSSR count). The molecule has 172 valence electrons. The van der Waals surface area contributed by atoms with Crippen LogP contribution in [0.1, 0.15) is 93.9 Å². The third-order valence-electron chi connectivity index (χ3n) is 7.21. The van der Waals surface area contributed by atoms with Crippen molar-refractivity contribution in [1.29, 1.82) is 0 Å². The van der Waals surface area contributed by atoms with Crippen LogP contribution in [0.4, 0.5) is 0 Å². The Bertz CT molecular complexity index is 642. The molecule has 0 N–H and O–H groups in total. The maximum Gasteiger partial charge on any atom is 0.194 e. The summed E-state index contributed by atoms with van der Waals surface area (Å²) in [7, 11) is -3.90. The average Bonchev–Trinajstić information content (AvgIpc) is 2.52. The van der Waals surface area contributed by atoms with Crippen molar-refractivity contribution in [3.8, 4) is 23.7 Å². The van der Waals surface area contributed by atoms with E-state index in [9.17, 15) is 0 Å². The molecule has 2 atom stereocenters. The van der Waals surface area contributed by atoms with Gasteiger partial charge in [-0.15, -0.1) is 11.8 Å². The Labute approximate surface area is 190 Å². The SMILES string of the molecule is CC1(O[Si](C)(C)C(C)(C)C)C#CCCCCC#CC(C)(O[Si](C)(C)C(C)(C)C)CC1. The highest BCUT2D eigenvalue weighted by atomic mass is 28.4. The van der Waals surface area contributed by atoms with Crippen molar-refractivity contribution in [2.45, 2.75) is 141 Å². The number of hydrogen-bond donors (Lipinski definition) is 0. The van der Waals surface area contributed by atoms with Gasteiger partial charge < -0.3 is 8.85 Å². The quantitative estimate of drug-likeness (QED) is 0.321. The summed E-state index contributed by atoms with van der Waals surface area (Å²) in [6.45, 7) is 27.4. The van der Waals surface area contributed by atoms with Gasteiger partial charge in [-0.1, -0.05) is 53.4 Å². The second-order valence-corrected chi connectivity index (χ2v) is 21.9. The lowest BCUT2D eigenvalue weighted by Gasteiger charge is -2.45. The molecule has 0 fully saturated rings. The predicted molar refractivity (Wildman–Crippen MR) is 137 cm³/mol. The van der Waals surface area contributed by atoms with Gasteiger partial charge in [0.25, 0.3) is 0 Å². The molecule has 0 radical (unpaired) electrons. The second-order valence-electron chi connectivity index (χ2n) is 12.5. The van der Waals surface area contributed by atoms with Crippen LogP contribution in [0.25, 0.3) is 0 Å². The van der Waals surface area contributed by atoms with Crippen LogP contribution in [0.5, 0.6) is 0 Å². The van der Waals surface area contributed by atoms with Gasteiger partial charge in [-0.3, -0.25) is 0 Å². The molecule has 0 spiro atoms. The van der Waals surface area contributed by atoms with E-state index in [1.54, 1.807) is 0 Å². The van der Waals surface area contributed by atoms with Crippen molar-refractivity contribution in [3.05, 3.63) is 0 Å². The molecule has 1 aliphatic rings. The largest absolute Gasteiger partial charge is 0.401 e. The molecule has 0 aliphatic heterocycles. The zero-order chi connectivity index (χ0) is 23.5. The summed E-state index contributed by atoms with van der Waals surface area (Å²) < 4.78 is 13.8. The average molecular weight is 449 g/mol. The molecular weight excluding hydrogens is 400 g/mol. The highest BCUT2D eigenvalue weighted by Gasteiger charge is 2.45. The van der Waals surface area contributed by atoms with Crippen LogP contribution in [0.3, 0.4) is 0 Å². The molecule has 0 aromatic carbocycles. The Morgan fingerprint density at radius 2 is 0.933 bits per heavy atom. The first-order valence-electron chi connectivity index (χ1n) is 11.7. The topological polar surface area (TPSA) is 18.5 Å². The van der Waals surface area contributed by atoms with Crippen molar-refractivity contribution in [3.63, 3.8) is 0 Å². The summed E-state index contributed by atoms with van der Waals surface area (Å²) in [5.74, 6) is 14.0. The summed E-state index contributed by atoms with van der Waals surface area (Å²) in [5, 5.41) is 0.310. The lowest BCUT2D eigenvalue weighted by molar-refractivity contribution is 0.0699. The van der Waals surface area contributed by atoms with Crippen molar-refractivity contribution in [2.24, 2.45) is 0 Å². The van der Waals surface area contributed by atoms with Crippen LogP contribution < -0.4 is 0 Å². The van der Waals surface area contributed by atoms with E-state index in [0.717, 1.165) is 38.5 Å². The Kier molecular flexibility index (Phi) is 8.74. The van der Waals surface area contributed by atoms with E-state index in [2.05, 4.69) is 105 Å². The lowest BCUT2D eigenvalue weighted by atomic mass is 9.91. The van der Waals surface area contributed by atoms with Gasteiger partial charge in [-0.25, -0.2) is 0 Å². The van der Waals surface area contributed by atoms with Crippen LogP contribution in [0.15, 0.2) is 0 Å². The molecule has 2 nitrogen and oxygen atoms in total. The fraction of sp³-hybridized carbons (Fsp3) is 0.846. The standard InChI is InChI=1S/C26H48O2Si2/c1-23(2,3)29(9,10)27-25(7)19-17-15-13-14-16-18-20-26(8,22-21-25)28-30(11,12)24(4,5)6/h13-16,21-22H2,1-12H3. The molecule has 1 aliphatic carbocycles. The first-order valence-corrected chi connectivity index (χ1v) is 17.5. The van der Waals surface area contributed by atoms with Crippen LogP contribution in [0.2, 0.25) is 36.3 Å². The Hall–Kier alpha value is -0.526. The van der Waals surface area contributed by atoms with Crippen molar-refractivity contribution in [1.82, 2.24) is 0 Å². The van der Waals surface area contributed by atoms with E-state index in [4.69, 9.17) is 8.85 Å². The molecule has 0 amide bonds. The molecule has 0 bridgehead atoms. The third kappa shape index (κ3) is 7.87. The van der Waals surface area contributed by atoms with Gasteiger partial charge in [0, 0.05) is 12.8 Å². The van der Waals surface area contributed by atoms with Gasteiger partial charge in [0.05, 0.1) is 0 Å². The molecule has 0 saturated carbocycles. The molecule has 0 aromatic heterocycles. The van der Waals surface area contributed by atoms with E-state index < -0.39 is 27.8 Å². The monoisotopic (exact) mass is 448 g/mol. The molecular formula is C26H48O2Si2. The minimum Gasteiger partial charge on any atom is -0.401 e. The first-order chi connectivity index (χ1) is 13.3. The summed E-state index contributed by atoms with van der Waals surface area (Å²) >= 11 is 0. The molecule has 0 aromatic rings. The Morgan fingerprint density at radius 3 is 1.20 bits per heavy atom. The zero-order valence-corrected chi connectivity index (χ0v) is 24.1. The van der Waals surface area contributed by atoms with Gasteiger partial charge in [-0.2, -0.15) is 0 Å². The maximum absolute atomic E-state index is 6.90. The summed E-state index contributed by atoms with van der Waals surface area (Å²) in [4.78, 5) is 0. The van der Waals surface area contributed by atoms with Crippen molar-refractivity contribution >= 4 is 16.6 Å². The van der Waals surface area contributed by atoms with E-state index in [1.165, 1.54) is 0 Å². The Balaban J connectivity index is 3.25. The predicted octanol–water partition coefficient (Wildman–Crippen LogP) is 7.91. The highest BCUT2D eigenvalue weighted by Crippen LogP contribution is 2.43. The first kappa shape index (κ1) is 27.5. The maximum atomic E-state index is 6.90. The van der Waals surface area contributed by atoms with Crippen LogP contribution in [0, 0.1) is 23.7 Å². The minimum absolute atomic E-state index is 0.155. The van der Waals surface area contributed by atoms with Gasteiger partial charge in [0.2, 0.25) is 0 Å². The van der Waals surface area contributed by atoms with Crippen LogP contribution in [-0.4, -0.2) is 27.8 Å². The van der Waals surface area contributed by atoms with Crippen LogP contribution >= 0.6 is 0 Å². The Morgan fingerprint density at radius 1 is 0.633 bits per heavy atom. The molecule has 0 heterocycles. The molecule has 30 heavy (non-hydrogen) atoms. The molecule has 4 heteroatoms. The van der Waals surface area contributed by atoms with Crippen LogP contribution in [-0.2, 0) is 8.85 Å². The van der Waals surface area contributed by atoms with E-state index in [0.29, 0.717) is 0 Å². The fourth-order valence-electron chi connectivity index (χ4n) is 3.11. The number of hydrogen-bond acceptors (Lipinski definition) is 2.